The number of hydrogen-bond donors (Lipinski definition) is 1. The van der Waals surface area contributed by atoms with E-state index in [4.69, 9.17) is 4.89 Å². The molecule has 0 aliphatic rings. The van der Waals surface area contributed by atoms with E-state index in [1.165, 1.54) is 0 Å². The minimum Gasteiger partial charge on any atom is -0.324 e. The molecule has 1 N–H and O–H groups in total. The zero-order valence-corrected chi connectivity index (χ0v) is 6.40. The van der Waals surface area contributed by atoms with Gasteiger partial charge >= 0.3 is 8.25 Å². The van der Waals surface area contributed by atoms with Crippen LogP contribution >= 0.6 is 8.25 Å². The van der Waals surface area contributed by atoms with Gasteiger partial charge in [0.25, 0.3) is 0 Å². The van der Waals surface area contributed by atoms with E-state index in [-0.39, 0.29) is 0 Å². The first kappa shape index (κ1) is 8.14. The Morgan fingerprint density at radius 1 is 1.27 bits per heavy atom. The number of rotatable bonds is 3. The van der Waals surface area contributed by atoms with Gasteiger partial charge in [0.05, 0.1) is 0 Å². The van der Waals surface area contributed by atoms with Crippen molar-refractivity contribution in [2.75, 3.05) is 0 Å². The van der Waals surface area contributed by atoms with Crippen LogP contribution in [0.25, 0.3) is 0 Å². The molecule has 1 aromatic carbocycles. The fraction of sp³-hybridized carbons (Fsp3) is 0. The molecule has 1 unspecified atom stereocenters. The van der Waals surface area contributed by atoms with Crippen LogP contribution in [0.2, 0.25) is 0 Å². The van der Waals surface area contributed by atoms with Gasteiger partial charge in [0.1, 0.15) is 0 Å². The van der Waals surface area contributed by atoms with Gasteiger partial charge in [-0.1, -0.05) is 22.9 Å². The first-order valence-electron chi connectivity index (χ1n) is 2.85. The second-order valence-corrected chi connectivity index (χ2v) is 2.33. The average molecular weight is 173 g/mol. The van der Waals surface area contributed by atoms with E-state index in [1.807, 2.05) is 0 Å². The van der Waals surface area contributed by atoms with E-state index >= 15 is 0 Å². The van der Waals surface area contributed by atoms with E-state index in [2.05, 4.69) is 9.56 Å². The van der Waals surface area contributed by atoms with Gasteiger partial charge in [-0.05, 0) is 12.1 Å². The van der Waals surface area contributed by atoms with Crippen LogP contribution in [0.1, 0.15) is 0 Å². The molecule has 0 spiro atoms. The van der Waals surface area contributed by atoms with Crippen LogP contribution in [0.3, 0.4) is 0 Å². The van der Waals surface area contributed by atoms with Crippen LogP contribution in [0.5, 0.6) is 5.75 Å². The number of para-hydroxylation sites is 1. The normalized spacial score (nSPS) is 10.8. The molecule has 0 saturated heterocycles. The van der Waals surface area contributed by atoms with E-state index in [0.717, 1.165) is 0 Å². The Labute approximate surface area is 64.3 Å². The summed E-state index contributed by atoms with van der Waals surface area (Å²) in [5.41, 5.74) is 0. The van der Waals surface area contributed by atoms with E-state index < -0.39 is 8.25 Å². The Kier molecular flexibility index (Phi) is 2.98. The highest BCUT2D eigenvalue weighted by atomic mass is 31.1. The zero-order valence-electron chi connectivity index (χ0n) is 5.51. The minimum atomic E-state index is -2.70. The van der Waals surface area contributed by atoms with Crippen molar-refractivity contribution in [3.8, 4) is 5.75 Å². The van der Waals surface area contributed by atoms with Crippen LogP contribution in [0.4, 0.5) is 0 Å². The van der Waals surface area contributed by atoms with Crippen LogP contribution in [0.15, 0.2) is 30.3 Å². The Bertz CT molecular complexity index is 236. The van der Waals surface area contributed by atoms with Gasteiger partial charge in [-0.2, -0.15) is 0 Å². The first-order chi connectivity index (χ1) is 5.29. The summed E-state index contributed by atoms with van der Waals surface area (Å²) < 4.78 is 14.0. The Morgan fingerprint density at radius 3 is 2.45 bits per heavy atom. The predicted molar refractivity (Wildman–Crippen MR) is 38.0 cm³/mol. The number of hydrogen-bond acceptors (Lipinski definition) is 3. The van der Waals surface area contributed by atoms with Gasteiger partial charge in [0.15, 0.2) is 5.75 Å². The highest BCUT2D eigenvalue weighted by Crippen LogP contribution is 2.18. The van der Waals surface area contributed by atoms with E-state index in [9.17, 15) is 4.57 Å². The Hall–Kier alpha value is -0.960. The maximum atomic E-state index is 9.97. The van der Waals surface area contributed by atoms with Crippen molar-refractivity contribution in [3.63, 3.8) is 0 Å². The van der Waals surface area contributed by atoms with E-state index in [0.29, 0.717) is 5.75 Å². The topological polar surface area (TPSA) is 55.8 Å². The van der Waals surface area contributed by atoms with Gasteiger partial charge in [-0.15, -0.1) is 0 Å². The average Bonchev–Trinajstić information content (AvgIpc) is 2.03. The fourth-order valence-corrected chi connectivity index (χ4v) is 0.701. The summed E-state index contributed by atoms with van der Waals surface area (Å²) in [4.78, 5) is 12.6. The molecule has 11 heavy (non-hydrogen) atoms. The Morgan fingerprint density at radius 2 is 1.91 bits per heavy atom. The van der Waals surface area contributed by atoms with E-state index in [1.54, 1.807) is 30.3 Å². The van der Waals surface area contributed by atoms with Gasteiger partial charge < -0.3 is 4.89 Å². The van der Waals surface area contributed by atoms with Crippen LogP contribution < -0.4 is 4.89 Å². The van der Waals surface area contributed by atoms with Crippen molar-refractivity contribution in [2.24, 2.45) is 0 Å². The maximum absolute atomic E-state index is 9.97. The third kappa shape index (κ3) is 3.09. The standard InChI is InChI=1S/C6H6O4P/c7-11(8)10-9-6-4-2-1-3-5-6/h1-5H,(H,7,8). The van der Waals surface area contributed by atoms with Crippen molar-refractivity contribution < 1.29 is 19.0 Å². The summed E-state index contributed by atoms with van der Waals surface area (Å²) in [6.45, 7) is 0. The minimum absolute atomic E-state index is 0.393. The van der Waals surface area contributed by atoms with Gasteiger partial charge in [-0.3, -0.25) is 4.89 Å². The highest BCUT2D eigenvalue weighted by molar-refractivity contribution is 7.31. The monoisotopic (exact) mass is 173 g/mol. The summed E-state index contributed by atoms with van der Waals surface area (Å²) in [7, 11) is -2.70. The lowest BCUT2D eigenvalue weighted by molar-refractivity contribution is -0.101. The summed E-state index contributed by atoms with van der Waals surface area (Å²) in [6.07, 6.45) is 0. The molecular formula is C6H6O4P. The molecule has 5 heteroatoms. The molecule has 1 aromatic rings. The van der Waals surface area contributed by atoms with Gasteiger partial charge in [-0.25, -0.2) is 4.57 Å². The molecule has 0 aliphatic carbocycles. The summed E-state index contributed by atoms with van der Waals surface area (Å²) in [5, 5.41) is 0. The fourth-order valence-electron chi connectivity index (χ4n) is 0.551. The lowest BCUT2D eigenvalue weighted by atomic mass is 10.3. The second-order valence-electron chi connectivity index (χ2n) is 1.71. The molecule has 0 aromatic heterocycles. The van der Waals surface area contributed by atoms with Gasteiger partial charge in [0, 0.05) is 0 Å². The predicted octanol–water partition coefficient (Wildman–Crippen LogP) is 1.65. The van der Waals surface area contributed by atoms with Crippen LogP contribution in [0, 0.1) is 0 Å². The lowest BCUT2D eigenvalue weighted by Crippen LogP contribution is -1.87. The molecule has 1 atom stereocenters. The molecular weight excluding hydrogens is 167 g/mol. The molecule has 0 aliphatic heterocycles. The zero-order chi connectivity index (χ0) is 8.10. The summed E-state index contributed by atoms with van der Waals surface area (Å²) >= 11 is 0. The summed E-state index contributed by atoms with van der Waals surface area (Å²) in [6, 6.07) is 8.47. The van der Waals surface area contributed by atoms with Gasteiger partial charge in [0.2, 0.25) is 0 Å². The van der Waals surface area contributed by atoms with Crippen molar-refractivity contribution in [1.29, 1.82) is 0 Å². The molecule has 1 rings (SSSR count). The molecule has 0 saturated carbocycles. The molecule has 0 bridgehead atoms. The second kappa shape index (κ2) is 4.03. The van der Waals surface area contributed by atoms with Crippen LogP contribution in [-0.4, -0.2) is 4.89 Å². The third-order valence-electron chi connectivity index (χ3n) is 0.940. The molecule has 4 nitrogen and oxygen atoms in total. The quantitative estimate of drug-likeness (QED) is 0.429. The lowest BCUT2D eigenvalue weighted by Gasteiger charge is -1.97. The SMILES string of the molecule is O=[P](O)OOc1ccccc1. The largest absolute Gasteiger partial charge is 0.404 e. The Balaban J connectivity index is 2.45. The molecule has 0 amide bonds. The molecule has 0 fully saturated rings. The molecule has 59 valence electrons. The highest BCUT2D eigenvalue weighted by Gasteiger charge is 1.96. The number of benzene rings is 1. The molecule has 0 heterocycles. The third-order valence-corrected chi connectivity index (χ3v) is 1.14. The maximum Gasteiger partial charge on any atom is 0.404 e. The van der Waals surface area contributed by atoms with Crippen molar-refractivity contribution in [3.05, 3.63) is 30.3 Å². The van der Waals surface area contributed by atoms with Crippen molar-refractivity contribution in [1.82, 2.24) is 0 Å². The smallest absolute Gasteiger partial charge is 0.324 e. The summed E-state index contributed by atoms with van der Waals surface area (Å²) in [5.74, 6) is 0.393. The first-order valence-corrected chi connectivity index (χ1v) is 3.98. The van der Waals surface area contributed by atoms with Crippen molar-refractivity contribution >= 4 is 8.25 Å². The van der Waals surface area contributed by atoms with Crippen LogP contribution in [-0.2, 0) is 9.24 Å². The molecule has 1 radical (unpaired) electrons. The van der Waals surface area contributed by atoms with Crippen molar-refractivity contribution in [2.45, 2.75) is 0 Å².